The van der Waals surface area contributed by atoms with Crippen molar-refractivity contribution in [2.24, 2.45) is 0 Å². The van der Waals surface area contributed by atoms with Gasteiger partial charge in [-0.05, 0) is 24.1 Å². The van der Waals surface area contributed by atoms with E-state index >= 15 is 0 Å². The van der Waals surface area contributed by atoms with Crippen molar-refractivity contribution in [1.29, 1.82) is 0 Å². The second-order valence-electron chi connectivity index (χ2n) is 5.57. The second-order valence-corrected chi connectivity index (χ2v) is 5.57. The first-order chi connectivity index (χ1) is 10.3. The molecule has 0 atom stereocenters. The molecular weight excluding hydrogens is 269 g/mol. The number of pyridine rings is 1. The molecular formula is C17H16FNO2. The van der Waals surface area contributed by atoms with Gasteiger partial charge in [-0.25, -0.2) is 4.39 Å². The van der Waals surface area contributed by atoms with Gasteiger partial charge in [0, 0.05) is 36.1 Å². The monoisotopic (exact) mass is 285 g/mol. The van der Waals surface area contributed by atoms with Crippen LogP contribution in [-0.4, -0.2) is 24.0 Å². The first-order valence-electron chi connectivity index (χ1n) is 7.27. The van der Waals surface area contributed by atoms with Crippen LogP contribution in [0.5, 0.6) is 0 Å². The maximum atomic E-state index is 14.3. The predicted octanol–water partition coefficient (Wildman–Crippen LogP) is 3.68. The summed E-state index contributed by atoms with van der Waals surface area (Å²) in [5, 5.41) is 0.962. The summed E-state index contributed by atoms with van der Waals surface area (Å²) in [6.07, 6.45) is 5.97. The van der Waals surface area contributed by atoms with Crippen molar-refractivity contribution >= 4 is 16.5 Å². The molecule has 0 bridgehead atoms. The lowest BCUT2D eigenvalue weighted by Crippen LogP contribution is -2.31. The van der Waals surface area contributed by atoms with Gasteiger partial charge in [0.05, 0.1) is 18.7 Å². The summed E-state index contributed by atoms with van der Waals surface area (Å²) >= 11 is 0. The molecule has 1 saturated heterocycles. The molecule has 0 saturated carbocycles. The topological polar surface area (TPSA) is 31.4 Å². The molecule has 1 aromatic heterocycles. The highest BCUT2D eigenvalue weighted by molar-refractivity contribution is 5.83. The van der Waals surface area contributed by atoms with Gasteiger partial charge in [-0.3, -0.25) is 4.98 Å². The van der Waals surface area contributed by atoms with E-state index in [1.165, 1.54) is 6.07 Å². The lowest BCUT2D eigenvalue weighted by atomic mass is 9.89. The average Bonchev–Trinajstić information content (AvgIpc) is 2.96. The third kappa shape index (κ3) is 2.24. The summed E-state index contributed by atoms with van der Waals surface area (Å²) in [5.74, 6) is -0.671. The number of benzene rings is 1. The molecule has 108 valence electrons. The molecule has 0 unspecified atom stereocenters. The molecule has 21 heavy (non-hydrogen) atoms. The molecule has 1 aliphatic heterocycles. The molecule has 2 aliphatic rings. The maximum absolute atomic E-state index is 14.3. The van der Waals surface area contributed by atoms with E-state index in [1.807, 2.05) is 18.2 Å². The summed E-state index contributed by atoms with van der Waals surface area (Å²) in [4.78, 5) is 4.19. The Hall–Kier alpha value is -1.78. The number of rotatable bonds is 1. The number of halogens is 1. The van der Waals surface area contributed by atoms with Crippen molar-refractivity contribution in [2.75, 3.05) is 13.2 Å². The van der Waals surface area contributed by atoms with Crippen LogP contribution in [0.4, 0.5) is 4.39 Å². The van der Waals surface area contributed by atoms with Crippen LogP contribution in [0.25, 0.3) is 16.5 Å². The number of aromatic nitrogens is 1. The number of allylic oxidation sites excluding steroid dienone is 1. The van der Waals surface area contributed by atoms with Gasteiger partial charge >= 0.3 is 0 Å². The van der Waals surface area contributed by atoms with Gasteiger partial charge in [-0.1, -0.05) is 12.1 Å². The van der Waals surface area contributed by atoms with Crippen molar-refractivity contribution in [3.8, 4) is 0 Å². The number of ether oxygens (including phenoxy) is 2. The Balaban J connectivity index is 1.70. The largest absolute Gasteiger partial charge is 0.347 e. The van der Waals surface area contributed by atoms with Crippen molar-refractivity contribution in [1.82, 2.24) is 4.98 Å². The first kappa shape index (κ1) is 12.9. The average molecular weight is 285 g/mol. The van der Waals surface area contributed by atoms with E-state index in [0.29, 0.717) is 30.7 Å². The Morgan fingerprint density at radius 1 is 1.19 bits per heavy atom. The molecule has 4 rings (SSSR count). The Morgan fingerprint density at radius 2 is 2.05 bits per heavy atom. The van der Waals surface area contributed by atoms with Crippen LogP contribution in [0, 0.1) is 5.82 Å². The van der Waals surface area contributed by atoms with Crippen LogP contribution >= 0.6 is 0 Å². The van der Waals surface area contributed by atoms with E-state index in [0.717, 1.165) is 23.8 Å². The molecule has 0 N–H and O–H groups in total. The van der Waals surface area contributed by atoms with Crippen molar-refractivity contribution in [3.63, 3.8) is 0 Å². The van der Waals surface area contributed by atoms with Crippen LogP contribution in [0.3, 0.4) is 0 Å². The van der Waals surface area contributed by atoms with E-state index in [9.17, 15) is 4.39 Å². The molecule has 1 spiro atoms. The Labute approximate surface area is 122 Å². The summed E-state index contributed by atoms with van der Waals surface area (Å²) in [6.45, 7) is 1.30. The highest BCUT2D eigenvalue weighted by Crippen LogP contribution is 2.39. The quantitative estimate of drug-likeness (QED) is 0.801. The number of hydrogen-bond donors (Lipinski definition) is 0. The highest BCUT2D eigenvalue weighted by Gasteiger charge is 2.37. The lowest BCUT2D eigenvalue weighted by Gasteiger charge is -2.30. The normalized spacial score (nSPS) is 20.9. The van der Waals surface area contributed by atoms with Crippen LogP contribution < -0.4 is 0 Å². The van der Waals surface area contributed by atoms with E-state index in [4.69, 9.17) is 9.47 Å². The zero-order valence-corrected chi connectivity index (χ0v) is 11.6. The van der Waals surface area contributed by atoms with Crippen molar-refractivity contribution in [3.05, 3.63) is 47.9 Å². The Bertz CT molecular complexity index is 720. The van der Waals surface area contributed by atoms with Gasteiger partial charge in [-0.15, -0.1) is 0 Å². The van der Waals surface area contributed by atoms with Crippen LogP contribution in [0.15, 0.2) is 36.5 Å². The zero-order chi connectivity index (χ0) is 14.3. The fraction of sp³-hybridized carbons (Fsp3) is 0.353. The van der Waals surface area contributed by atoms with Crippen LogP contribution in [0.2, 0.25) is 0 Å². The summed E-state index contributed by atoms with van der Waals surface area (Å²) in [5.41, 5.74) is 2.39. The minimum Gasteiger partial charge on any atom is -0.347 e. The predicted molar refractivity (Wildman–Crippen MR) is 78.2 cm³/mol. The van der Waals surface area contributed by atoms with E-state index in [1.54, 1.807) is 6.20 Å². The maximum Gasteiger partial charge on any atom is 0.172 e. The van der Waals surface area contributed by atoms with Crippen molar-refractivity contribution in [2.45, 2.75) is 25.0 Å². The SMILES string of the molecule is Fc1cc2ncccc2cc1C1=CCC2(CC1)OCCO2. The molecule has 2 aromatic rings. The van der Waals surface area contributed by atoms with Gasteiger partial charge in [0.1, 0.15) is 5.82 Å². The standard InChI is InChI=1S/C17H16FNO2/c18-15-11-16-13(2-1-7-19-16)10-14(15)12-3-5-17(6-4-12)20-8-9-21-17/h1-3,7,10-11H,4-6,8-9H2. The van der Waals surface area contributed by atoms with Gasteiger partial charge in [0.2, 0.25) is 0 Å². The summed E-state index contributed by atoms with van der Waals surface area (Å²) < 4.78 is 25.7. The number of fused-ring (bicyclic) bond motifs is 1. The van der Waals surface area contributed by atoms with E-state index in [-0.39, 0.29) is 5.82 Å². The molecule has 0 radical (unpaired) electrons. The smallest absolute Gasteiger partial charge is 0.172 e. The summed E-state index contributed by atoms with van der Waals surface area (Å²) in [6, 6.07) is 7.23. The Morgan fingerprint density at radius 3 is 2.81 bits per heavy atom. The van der Waals surface area contributed by atoms with Gasteiger partial charge in [0.15, 0.2) is 5.79 Å². The van der Waals surface area contributed by atoms with Gasteiger partial charge in [-0.2, -0.15) is 0 Å². The zero-order valence-electron chi connectivity index (χ0n) is 11.6. The Kier molecular flexibility index (Phi) is 3.01. The lowest BCUT2D eigenvalue weighted by molar-refractivity contribution is -0.159. The third-order valence-electron chi connectivity index (χ3n) is 4.29. The highest BCUT2D eigenvalue weighted by atomic mass is 19.1. The minimum absolute atomic E-state index is 0.211. The fourth-order valence-electron chi connectivity index (χ4n) is 3.15. The molecule has 1 aliphatic carbocycles. The van der Waals surface area contributed by atoms with E-state index < -0.39 is 5.79 Å². The molecule has 4 heteroatoms. The summed E-state index contributed by atoms with van der Waals surface area (Å²) in [7, 11) is 0. The molecule has 2 heterocycles. The first-order valence-corrected chi connectivity index (χ1v) is 7.27. The minimum atomic E-state index is -0.460. The van der Waals surface area contributed by atoms with Gasteiger partial charge < -0.3 is 9.47 Å². The third-order valence-corrected chi connectivity index (χ3v) is 4.29. The van der Waals surface area contributed by atoms with E-state index in [2.05, 4.69) is 11.1 Å². The molecule has 1 fully saturated rings. The van der Waals surface area contributed by atoms with Crippen molar-refractivity contribution < 1.29 is 13.9 Å². The fourth-order valence-corrected chi connectivity index (χ4v) is 3.15. The molecule has 3 nitrogen and oxygen atoms in total. The van der Waals surface area contributed by atoms with Crippen LogP contribution in [-0.2, 0) is 9.47 Å². The molecule has 0 amide bonds. The second kappa shape index (κ2) is 4.90. The van der Waals surface area contributed by atoms with Crippen LogP contribution in [0.1, 0.15) is 24.8 Å². The molecule has 1 aromatic carbocycles. The van der Waals surface area contributed by atoms with Gasteiger partial charge in [0.25, 0.3) is 0 Å². The number of nitrogens with zero attached hydrogens (tertiary/aromatic N) is 1. The number of hydrogen-bond acceptors (Lipinski definition) is 3.